The van der Waals surface area contributed by atoms with Crippen LogP contribution in [0.25, 0.3) is 11.5 Å². The zero-order valence-corrected chi connectivity index (χ0v) is 17.9. The smallest absolute Gasteiger partial charge is 0.270 e. The molecule has 0 bridgehead atoms. The molecule has 0 fully saturated rings. The van der Waals surface area contributed by atoms with Gasteiger partial charge in [-0.05, 0) is 36.8 Å². The van der Waals surface area contributed by atoms with Gasteiger partial charge in [0, 0.05) is 30.1 Å². The fraction of sp³-hybridized carbons (Fsp3) is 0.130. The van der Waals surface area contributed by atoms with Crippen LogP contribution in [0, 0.1) is 17.0 Å². The second kappa shape index (κ2) is 7.65. The first-order chi connectivity index (χ1) is 15.4. The van der Waals surface area contributed by atoms with Crippen molar-refractivity contribution in [3.63, 3.8) is 0 Å². The molecule has 1 aliphatic rings. The van der Waals surface area contributed by atoms with Crippen LogP contribution in [-0.2, 0) is 13.1 Å². The number of para-hydroxylation sites is 1. The third-order valence-electron chi connectivity index (χ3n) is 5.60. The van der Waals surface area contributed by atoms with Gasteiger partial charge >= 0.3 is 0 Å². The van der Waals surface area contributed by atoms with Crippen molar-refractivity contribution >= 4 is 23.2 Å². The van der Waals surface area contributed by atoms with Crippen LogP contribution in [0.4, 0.5) is 5.69 Å². The van der Waals surface area contributed by atoms with E-state index in [1.807, 2.05) is 65.0 Å². The summed E-state index contributed by atoms with van der Waals surface area (Å²) < 4.78 is 3.88. The molecule has 0 N–H and O–H groups in total. The van der Waals surface area contributed by atoms with E-state index in [0.717, 1.165) is 28.3 Å². The van der Waals surface area contributed by atoms with Crippen LogP contribution in [0.5, 0.6) is 0 Å². The molecule has 2 aromatic carbocycles. The predicted octanol–water partition coefficient (Wildman–Crippen LogP) is 4.69. The maximum absolute atomic E-state index is 13.2. The molecule has 9 heteroatoms. The van der Waals surface area contributed by atoms with Crippen molar-refractivity contribution in [2.75, 3.05) is 0 Å². The van der Waals surface area contributed by atoms with Gasteiger partial charge < -0.3 is 9.47 Å². The number of aryl methyl sites for hydroxylation is 1. The first kappa shape index (κ1) is 20.0. The summed E-state index contributed by atoms with van der Waals surface area (Å²) in [6.45, 7) is 2.65. The van der Waals surface area contributed by atoms with Crippen LogP contribution in [0.15, 0.2) is 67.0 Å². The van der Waals surface area contributed by atoms with Crippen molar-refractivity contribution < 1.29 is 9.72 Å². The van der Waals surface area contributed by atoms with Crippen LogP contribution in [0.3, 0.4) is 0 Å². The van der Waals surface area contributed by atoms with E-state index in [1.165, 1.54) is 18.2 Å². The van der Waals surface area contributed by atoms with Crippen LogP contribution < -0.4 is 0 Å². The Labute approximate surface area is 188 Å². The van der Waals surface area contributed by atoms with Gasteiger partial charge in [-0.1, -0.05) is 29.8 Å². The van der Waals surface area contributed by atoms with Crippen LogP contribution in [0.2, 0.25) is 5.02 Å². The molecule has 160 valence electrons. The first-order valence-corrected chi connectivity index (χ1v) is 10.3. The van der Waals surface area contributed by atoms with Gasteiger partial charge in [-0.25, -0.2) is 4.68 Å². The van der Waals surface area contributed by atoms with Gasteiger partial charge in [0.05, 0.1) is 40.0 Å². The molecule has 1 amide bonds. The minimum atomic E-state index is -0.539. The Kier molecular flexibility index (Phi) is 4.79. The lowest BCUT2D eigenvalue weighted by Gasteiger charge is -2.18. The number of aromatic nitrogens is 3. The maximum Gasteiger partial charge on any atom is 0.270 e. The summed E-state index contributed by atoms with van der Waals surface area (Å²) in [5.74, 6) is 0.498. The minimum Gasteiger partial charge on any atom is -0.328 e. The van der Waals surface area contributed by atoms with Gasteiger partial charge in [-0.2, -0.15) is 5.10 Å². The Hall–Kier alpha value is -3.91. The number of nitrogens with zero attached hydrogens (tertiary/aromatic N) is 5. The summed E-state index contributed by atoms with van der Waals surface area (Å²) in [5.41, 5.74) is 3.70. The number of carbonyl (C=O) groups is 1. The minimum absolute atomic E-state index is 0.111. The Morgan fingerprint density at radius 2 is 1.84 bits per heavy atom. The van der Waals surface area contributed by atoms with E-state index in [-0.39, 0.29) is 22.2 Å². The topological polar surface area (TPSA) is 86.2 Å². The van der Waals surface area contributed by atoms with E-state index in [0.29, 0.717) is 13.1 Å². The van der Waals surface area contributed by atoms with Crippen LogP contribution in [0.1, 0.15) is 27.2 Å². The van der Waals surface area contributed by atoms with Gasteiger partial charge in [0.1, 0.15) is 5.82 Å². The number of fused-ring (bicyclic) bond motifs is 1. The van der Waals surface area contributed by atoms with Crippen molar-refractivity contribution in [1.29, 1.82) is 0 Å². The molecular formula is C23H18ClN5O3. The number of non-ortho nitro benzene ring substituents is 1. The van der Waals surface area contributed by atoms with Crippen molar-refractivity contribution in [2.24, 2.45) is 0 Å². The Morgan fingerprint density at radius 1 is 1.09 bits per heavy atom. The number of halogens is 1. The second-order valence-electron chi connectivity index (χ2n) is 7.62. The van der Waals surface area contributed by atoms with E-state index in [2.05, 4.69) is 0 Å². The SMILES string of the molecule is Cc1ccccc1-n1nc2c(c1-n1cccc1)CN(C(=O)c1cc([N+](=O)[O-])ccc1Cl)C2. The predicted molar refractivity (Wildman–Crippen MR) is 119 cm³/mol. The molecule has 32 heavy (non-hydrogen) atoms. The number of rotatable bonds is 4. The number of amides is 1. The van der Waals surface area contributed by atoms with Gasteiger partial charge in [0.2, 0.25) is 0 Å². The molecular weight excluding hydrogens is 430 g/mol. The monoisotopic (exact) mass is 447 g/mol. The van der Waals surface area contributed by atoms with Crippen LogP contribution in [-0.4, -0.2) is 30.1 Å². The molecule has 1 aliphatic heterocycles. The second-order valence-corrected chi connectivity index (χ2v) is 8.03. The number of hydrogen-bond acceptors (Lipinski definition) is 4. The molecule has 8 nitrogen and oxygen atoms in total. The normalized spacial score (nSPS) is 12.8. The van der Waals surface area contributed by atoms with Crippen LogP contribution >= 0.6 is 11.6 Å². The molecule has 0 saturated carbocycles. The lowest BCUT2D eigenvalue weighted by Crippen LogP contribution is -2.26. The van der Waals surface area contributed by atoms with Crippen molar-refractivity contribution in [3.8, 4) is 11.5 Å². The summed E-state index contributed by atoms with van der Waals surface area (Å²) >= 11 is 6.20. The summed E-state index contributed by atoms with van der Waals surface area (Å²) in [5, 5.41) is 16.2. The van der Waals surface area contributed by atoms with Gasteiger partial charge in [0.15, 0.2) is 0 Å². The number of carbonyl (C=O) groups excluding carboxylic acids is 1. The summed E-state index contributed by atoms with van der Waals surface area (Å²) in [6.07, 6.45) is 3.88. The molecule has 0 aliphatic carbocycles. The molecule has 0 atom stereocenters. The fourth-order valence-electron chi connectivity index (χ4n) is 4.02. The lowest BCUT2D eigenvalue weighted by molar-refractivity contribution is -0.384. The maximum atomic E-state index is 13.2. The van der Waals surface area contributed by atoms with E-state index < -0.39 is 4.92 Å². The van der Waals surface area contributed by atoms with E-state index in [1.54, 1.807) is 4.90 Å². The highest BCUT2D eigenvalue weighted by Gasteiger charge is 2.33. The summed E-state index contributed by atoms with van der Waals surface area (Å²) in [7, 11) is 0. The average Bonchev–Trinajstić information content (AvgIpc) is 3.50. The van der Waals surface area contributed by atoms with Gasteiger partial charge in [0.25, 0.3) is 11.6 Å². The molecule has 0 radical (unpaired) electrons. The summed E-state index contributed by atoms with van der Waals surface area (Å²) in [4.78, 5) is 25.4. The van der Waals surface area contributed by atoms with Gasteiger partial charge in [-0.3, -0.25) is 14.9 Å². The third kappa shape index (κ3) is 3.25. The lowest BCUT2D eigenvalue weighted by atomic mass is 10.1. The van der Waals surface area contributed by atoms with Gasteiger partial charge in [-0.15, -0.1) is 0 Å². The highest BCUT2D eigenvalue weighted by Crippen LogP contribution is 2.33. The first-order valence-electron chi connectivity index (χ1n) is 9.97. The number of nitro groups is 1. The van der Waals surface area contributed by atoms with E-state index in [4.69, 9.17) is 16.7 Å². The zero-order chi connectivity index (χ0) is 22.4. The highest BCUT2D eigenvalue weighted by molar-refractivity contribution is 6.33. The quantitative estimate of drug-likeness (QED) is 0.335. The largest absolute Gasteiger partial charge is 0.328 e. The zero-order valence-electron chi connectivity index (χ0n) is 17.1. The third-order valence-corrected chi connectivity index (χ3v) is 5.93. The average molecular weight is 448 g/mol. The highest BCUT2D eigenvalue weighted by atomic mass is 35.5. The molecule has 2 aromatic heterocycles. The van der Waals surface area contributed by atoms with E-state index in [9.17, 15) is 14.9 Å². The fourth-order valence-corrected chi connectivity index (χ4v) is 4.21. The standard InChI is InChI=1S/C23H18ClN5O3/c1-15-6-2-3-7-21(15)28-22(26-10-4-5-11-26)18-13-27(14-20(18)25-28)23(30)17-12-16(29(31)32)8-9-19(17)24/h2-12H,13-14H2,1H3. The molecule has 5 rings (SSSR count). The molecule has 4 aromatic rings. The van der Waals surface area contributed by atoms with Crippen molar-refractivity contribution in [1.82, 2.24) is 19.2 Å². The number of nitro benzene ring substituents is 1. The molecule has 0 spiro atoms. The van der Waals surface area contributed by atoms with E-state index >= 15 is 0 Å². The molecule has 0 saturated heterocycles. The number of hydrogen-bond donors (Lipinski definition) is 0. The Balaban J connectivity index is 1.55. The Morgan fingerprint density at radius 3 is 2.56 bits per heavy atom. The Bertz CT molecular complexity index is 1360. The molecule has 0 unspecified atom stereocenters. The van der Waals surface area contributed by atoms with Crippen molar-refractivity contribution in [2.45, 2.75) is 20.0 Å². The molecule has 3 heterocycles. The summed E-state index contributed by atoms with van der Waals surface area (Å²) in [6, 6.07) is 15.7. The number of benzene rings is 2. The van der Waals surface area contributed by atoms with Crippen molar-refractivity contribution in [3.05, 3.63) is 105 Å².